The minimum Gasteiger partial charge on any atom is -0.381 e. The Morgan fingerprint density at radius 1 is 1.44 bits per heavy atom. The molecule has 1 saturated carbocycles. The van der Waals surface area contributed by atoms with Gasteiger partial charge in [-0.2, -0.15) is 5.10 Å². The zero-order chi connectivity index (χ0) is 13.2. The Morgan fingerprint density at radius 2 is 2.11 bits per heavy atom. The highest BCUT2D eigenvalue weighted by atomic mass is 32.2. The van der Waals surface area contributed by atoms with E-state index in [1.807, 2.05) is 0 Å². The van der Waals surface area contributed by atoms with Crippen molar-refractivity contribution in [1.29, 1.82) is 0 Å². The maximum atomic E-state index is 11.7. The maximum absolute atomic E-state index is 11.7. The molecule has 102 valence electrons. The quantitative estimate of drug-likeness (QED) is 0.717. The predicted octanol–water partition coefficient (Wildman–Crippen LogP) is 1.04. The first-order valence-electron chi connectivity index (χ1n) is 6.43. The Hall–Kier alpha value is -0.750. The third-order valence-corrected chi connectivity index (χ3v) is 4.43. The van der Waals surface area contributed by atoms with Gasteiger partial charge in [0.2, 0.25) is 0 Å². The Labute approximate surface area is 112 Å². The first-order valence-corrected chi connectivity index (χ1v) is 7.42. The van der Waals surface area contributed by atoms with Gasteiger partial charge in [0, 0.05) is 12.0 Å². The average molecular weight is 271 g/mol. The van der Waals surface area contributed by atoms with Crippen LogP contribution in [-0.4, -0.2) is 33.6 Å². The Bertz CT molecular complexity index is 344. The van der Waals surface area contributed by atoms with Crippen molar-refractivity contribution < 1.29 is 9.90 Å². The lowest BCUT2D eigenvalue weighted by molar-refractivity contribution is -0.137. The molecule has 0 aromatic rings. The SMILES string of the molecule is CC(C)(O)C(=O)NC1CCC(C2=NNCS2)CC1. The number of hydrogen-bond acceptors (Lipinski definition) is 5. The molecular weight excluding hydrogens is 250 g/mol. The van der Waals surface area contributed by atoms with Crippen LogP contribution in [-0.2, 0) is 4.79 Å². The van der Waals surface area contributed by atoms with Crippen LogP contribution in [0.3, 0.4) is 0 Å². The van der Waals surface area contributed by atoms with E-state index in [1.54, 1.807) is 11.8 Å². The number of carbonyl (C=O) groups is 1. The summed E-state index contributed by atoms with van der Waals surface area (Å²) in [5.41, 5.74) is 1.70. The maximum Gasteiger partial charge on any atom is 0.251 e. The lowest BCUT2D eigenvalue weighted by Crippen LogP contribution is -2.47. The number of nitrogens with one attached hydrogen (secondary N) is 2. The third-order valence-electron chi connectivity index (χ3n) is 3.44. The van der Waals surface area contributed by atoms with Crippen molar-refractivity contribution in [2.24, 2.45) is 11.0 Å². The molecule has 2 rings (SSSR count). The van der Waals surface area contributed by atoms with Gasteiger partial charge >= 0.3 is 0 Å². The highest BCUT2D eigenvalue weighted by Gasteiger charge is 2.30. The predicted molar refractivity (Wildman–Crippen MR) is 73.2 cm³/mol. The van der Waals surface area contributed by atoms with Gasteiger partial charge in [-0.05, 0) is 39.5 Å². The van der Waals surface area contributed by atoms with Gasteiger partial charge < -0.3 is 10.4 Å². The molecule has 1 aliphatic carbocycles. The smallest absolute Gasteiger partial charge is 0.251 e. The van der Waals surface area contributed by atoms with Crippen LogP contribution in [0.1, 0.15) is 39.5 Å². The summed E-state index contributed by atoms with van der Waals surface area (Å²) in [7, 11) is 0. The molecule has 1 aliphatic heterocycles. The fourth-order valence-electron chi connectivity index (χ4n) is 2.30. The van der Waals surface area contributed by atoms with Crippen molar-refractivity contribution in [3.63, 3.8) is 0 Å². The van der Waals surface area contributed by atoms with Gasteiger partial charge in [0.15, 0.2) is 0 Å². The van der Waals surface area contributed by atoms with Crippen LogP contribution < -0.4 is 10.7 Å². The number of aliphatic hydroxyl groups is 1. The normalized spacial score (nSPS) is 28.5. The van der Waals surface area contributed by atoms with Gasteiger partial charge in [0.05, 0.1) is 10.9 Å². The second-order valence-electron chi connectivity index (χ2n) is 5.48. The minimum absolute atomic E-state index is 0.195. The second-order valence-corrected chi connectivity index (χ2v) is 6.47. The Kier molecular flexibility index (Phi) is 4.17. The summed E-state index contributed by atoms with van der Waals surface area (Å²) in [5.74, 6) is 1.14. The third kappa shape index (κ3) is 3.38. The highest BCUT2D eigenvalue weighted by Crippen LogP contribution is 2.30. The molecule has 5 nitrogen and oxygen atoms in total. The number of hydrogen-bond donors (Lipinski definition) is 3. The lowest BCUT2D eigenvalue weighted by atomic mass is 9.86. The summed E-state index contributed by atoms with van der Waals surface area (Å²) < 4.78 is 0. The number of carbonyl (C=O) groups excluding carboxylic acids is 1. The topological polar surface area (TPSA) is 73.7 Å². The molecule has 2 aliphatic rings. The lowest BCUT2D eigenvalue weighted by Gasteiger charge is -2.30. The summed E-state index contributed by atoms with van der Waals surface area (Å²) in [6.45, 7) is 3.03. The van der Waals surface area contributed by atoms with Crippen molar-refractivity contribution in [3.05, 3.63) is 0 Å². The van der Waals surface area contributed by atoms with E-state index in [0.717, 1.165) is 31.6 Å². The molecular formula is C12H21N3O2S. The van der Waals surface area contributed by atoms with Crippen molar-refractivity contribution in [2.75, 3.05) is 5.88 Å². The van der Waals surface area contributed by atoms with E-state index in [0.29, 0.717) is 5.92 Å². The van der Waals surface area contributed by atoms with E-state index in [2.05, 4.69) is 15.8 Å². The zero-order valence-electron chi connectivity index (χ0n) is 10.9. The number of nitrogens with zero attached hydrogens (tertiary/aromatic N) is 1. The van der Waals surface area contributed by atoms with Gasteiger partial charge in [-0.1, -0.05) is 11.8 Å². The van der Waals surface area contributed by atoms with Crippen molar-refractivity contribution in [1.82, 2.24) is 10.7 Å². The van der Waals surface area contributed by atoms with E-state index >= 15 is 0 Å². The van der Waals surface area contributed by atoms with E-state index in [-0.39, 0.29) is 11.9 Å². The summed E-state index contributed by atoms with van der Waals surface area (Å²) >= 11 is 1.78. The van der Waals surface area contributed by atoms with Gasteiger partial charge in [-0.25, -0.2) is 0 Å². The molecule has 1 heterocycles. The van der Waals surface area contributed by atoms with Crippen molar-refractivity contribution in [3.8, 4) is 0 Å². The monoisotopic (exact) mass is 271 g/mol. The largest absolute Gasteiger partial charge is 0.381 e. The fourth-order valence-corrected chi connectivity index (χ4v) is 3.18. The van der Waals surface area contributed by atoms with Crippen LogP contribution >= 0.6 is 11.8 Å². The van der Waals surface area contributed by atoms with Crippen LogP contribution in [0.15, 0.2) is 5.10 Å². The first-order chi connectivity index (χ1) is 8.47. The molecule has 18 heavy (non-hydrogen) atoms. The van der Waals surface area contributed by atoms with E-state index in [9.17, 15) is 9.90 Å². The summed E-state index contributed by atoms with van der Waals surface area (Å²) in [6.07, 6.45) is 4.05. The summed E-state index contributed by atoms with van der Waals surface area (Å²) in [6, 6.07) is 0.195. The molecule has 0 atom stereocenters. The van der Waals surface area contributed by atoms with Crippen molar-refractivity contribution in [2.45, 2.75) is 51.2 Å². The van der Waals surface area contributed by atoms with Crippen LogP contribution in [0.2, 0.25) is 0 Å². The number of amides is 1. The van der Waals surface area contributed by atoms with Gasteiger partial charge in [0.25, 0.3) is 5.91 Å². The van der Waals surface area contributed by atoms with Crippen LogP contribution in [0.4, 0.5) is 0 Å². The zero-order valence-corrected chi connectivity index (χ0v) is 11.7. The molecule has 0 saturated heterocycles. The summed E-state index contributed by atoms with van der Waals surface area (Å²) in [5, 5.41) is 18.0. The highest BCUT2D eigenvalue weighted by molar-refractivity contribution is 8.14. The Morgan fingerprint density at radius 3 is 2.61 bits per heavy atom. The standard InChI is InChI=1S/C12H21N3O2S/c1-12(2,17)11(16)14-9-5-3-8(4-6-9)10-15-13-7-18-10/h8-9,13,17H,3-7H2,1-2H3,(H,14,16). The summed E-state index contributed by atoms with van der Waals surface area (Å²) in [4.78, 5) is 11.7. The second kappa shape index (κ2) is 5.48. The average Bonchev–Trinajstić information content (AvgIpc) is 2.82. The van der Waals surface area contributed by atoms with Crippen LogP contribution in [0, 0.1) is 5.92 Å². The van der Waals surface area contributed by atoms with Crippen molar-refractivity contribution >= 4 is 22.7 Å². The number of thioether (sulfide) groups is 1. The van der Waals surface area contributed by atoms with Crippen LogP contribution in [0.5, 0.6) is 0 Å². The molecule has 1 amide bonds. The van der Waals surface area contributed by atoms with E-state index < -0.39 is 5.60 Å². The molecule has 0 bridgehead atoms. The number of hydrazone groups is 1. The molecule has 0 aromatic heterocycles. The molecule has 6 heteroatoms. The molecule has 1 fully saturated rings. The van der Waals surface area contributed by atoms with Gasteiger partial charge in [0.1, 0.15) is 5.60 Å². The minimum atomic E-state index is -1.29. The first kappa shape index (κ1) is 13.7. The Balaban J connectivity index is 1.78. The van der Waals surface area contributed by atoms with Gasteiger partial charge in [-0.3, -0.25) is 10.2 Å². The number of rotatable bonds is 3. The molecule has 0 unspecified atom stereocenters. The molecule has 0 radical (unpaired) electrons. The molecule has 0 spiro atoms. The fraction of sp³-hybridized carbons (Fsp3) is 0.833. The molecule has 3 N–H and O–H groups in total. The molecule has 0 aromatic carbocycles. The van der Waals surface area contributed by atoms with Gasteiger partial charge in [-0.15, -0.1) is 0 Å². The van der Waals surface area contributed by atoms with Crippen LogP contribution in [0.25, 0.3) is 0 Å². The van der Waals surface area contributed by atoms with E-state index in [4.69, 9.17) is 0 Å². The van der Waals surface area contributed by atoms with E-state index in [1.165, 1.54) is 18.9 Å².